The minimum Gasteiger partial charge on any atom is -0.385 e. The molecule has 6 aromatic carbocycles. The van der Waals surface area contributed by atoms with Crippen LogP contribution in [0.1, 0.15) is 0 Å². The smallest absolute Gasteiger partial charge is 0.123 e. The Hall–Kier alpha value is -3.86. The number of aliphatic hydroxyl groups is 1. The van der Waals surface area contributed by atoms with Crippen LogP contribution in [0.3, 0.4) is 0 Å². The number of aliphatic hydroxyl groups excluding tert-OH is 1. The van der Waals surface area contributed by atoms with Crippen molar-refractivity contribution < 1.29 is 5.11 Å². The van der Waals surface area contributed by atoms with Gasteiger partial charge in [-0.3, -0.25) is 0 Å². The van der Waals surface area contributed by atoms with Crippen LogP contribution in [0, 0.1) is 0 Å². The second kappa shape index (κ2) is 13.0. The van der Waals surface area contributed by atoms with Crippen molar-refractivity contribution >= 4 is 46.4 Å². The Morgan fingerprint density at radius 1 is 0.310 bits per heavy atom. The standard InChI is InChI=1S/C39H36OP2/c40-33(31-41(34-19-7-1-8-20-34,35-21-9-2-10-22-35)36-23-11-3-12-24-36)32-42(37-25-13-4-14-26-37,38-27-15-5-16-28-38)39-29-17-6-18-30-39/h1-30,33,40H,31-32H2/q+2. The van der Waals surface area contributed by atoms with Crippen LogP contribution in [0.2, 0.25) is 0 Å². The molecule has 0 fully saturated rings. The predicted molar refractivity (Wildman–Crippen MR) is 186 cm³/mol. The molecule has 1 nitrogen and oxygen atoms in total. The maximum atomic E-state index is 12.5. The average molecular weight is 583 g/mol. The van der Waals surface area contributed by atoms with Gasteiger partial charge >= 0.3 is 0 Å². The number of hydrogen-bond donors (Lipinski definition) is 1. The van der Waals surface area contributed by atoms with Crippen LogP contribution >= 0.6 is 14.5 Å². The van der Waals surface area contributed by atoms with Gasteiger partial charge < -0.3 is 5.11 Å². The van der Waals surface area contributed by atoms with E-state index in [4.69, 9.17) is 0 Å². The van der Waals surface area contributed by atoms with Gasteiger partial charge in [-0.15, -0.1) is 0 Å². The Kier molecular flexibility index (Phi) is 8.73. The number of rotatable bonds is 10. The molecule has 0 aromatic heterocycles. The first-order valence-corrected chi connectivity index (χ1v) is 18.5. The Bertz CT molecular complexity index is 1340. The molecular weight excluding hydrogens is 546 g/mol. The van der Waals surface area contributed by atoms with Gasteiger partial charge in [0.15, 0.2) is 0 Å². The molecule has 0 amide bonds. The molecule has 0 saturated heterocycles. The number of benzene rings is 6. The van der Waals surface area contributed by atoms with Gasteiger partial charge in [0.2, 0.25) is 0 Å². The van der Waals surface area contributed by atoms with Gasteiger partial charge in [-0.05, 0) is 72.8 Å². The molecule has 3 heteroatoms. The highest BCUT2D eigenvalue weighted by molar-refractivity contribution is 7.96. The molecule has 1 N–H and O–H groups in total. The Labute approximate surface area is 251 Å². The van der Waals surface area contributed by atoms with Crippen molar-refractivity contribution in [2.45, 2.75) is 6.10 Å². The molecule has 0 saturated carbocycles. The molecule has 0 heterocycles. The van der Waals surface area contributed by atoms with Crippen molar-refractivity contribution in [2.24, 2.45) is 0 Å². The molecule has 206 valence electrons. The van der Waals surface area contributed by atoms with E-state index in [1.807, 2.05) is 0 Å². The average Bonchev–Trinajstić information content (AvgIpc) is 3.08. The zero-order valence-electron chi connectivity index (χ0n) is 23.7. The maximum Gasteiger partial charge on any atom is 0.123 e. The second-order valence-corrected chi connectivity index (χ2v) is 17.7. The van der Waals surface area contributed by atoms with Crippen molar-refractivity contribution in [1.82, 2.24) is 0 Å². The summed E-state index contributed by atoms with van der Waals surface area (Å²) in [6.07, 6.45) is 0.784. The van der Waals surface area contributed by atoms with Gasteiger partial charge in [0, 0.05) is 0 Å². The molecule has 0 aliphatic carbocycles. The third kappa shape index (κ3) is 5.49. The predicted octanol–water partition coefficient (Wildman–Crippen LogP) is 6.34. The van der Waals surface area contributed by atoms with Crippen LogP contribution in [0.15, 0.2) is 182 Å². The van der Waals surface area contributed by atoms with E-state index in [-0.39, 0.29) is 0 Å². The first kappa shape index (κ1) is 28.3. The molecule has 42 heavy (non-hydrogen) atoms. The lowest BCUT2D eigenvalue weighted by atomic mass is 10.3. The molecule has 0 aliphatic heterocycles. The molecule has 0 spiro atoms. The van der Waals surface area contributed by atoms with Gasteiger partial charge in [0.05, 0.1) is 0 Å². The summed E-state index contributed by atoms with van der Waals surface area (Å²) >= 11 is 0. The molecular formula is C39H36OP2+2. The third-order valence-corrected chi connectivity index (χ3v) is 17.2. The van der Waals surface area contributed by atoms with Crippen LogP contribution in [0.5, 0.6) is 0 Å². The van der Waals surface area contributed by atoms with Crippen LogP contribution in [0.4, 0.5) is 0 Å². The summed E-state index contributed by atoms with van der Waals surface area (Å²) in [6, 6.07) is 65.2. The van der Waals surface area contributed by atoms with E-state index in [1.165, 1.54) is 31.8 Å². The van der Waals surface area contributed by atoms with Crippen LogP contribution in [0.25, 0.3) is 0 Å². The van der Waals surface area contributed by atoms with Gasteiger partial charge in [-0.25, -0.2) is 0 Å². The van der Waals surface area contributed by atoms with E-state index < -0.39 is 20.6 Å². The van der Waals surface area contributed by atoms with E-state index >= 15 is 0 Å². The largest absolute Gasteiger partial charge is 0.385 e. The molecule has 0 bridgehead atoms. The molecule has 6 rings (SSSR count). The normalized spacial score (nSPS) is 11.9. The van der Waals surface area contributed by atoms with E-state index in [2.05, 4.69) is 182 Å². The zero-order valence-corrected chi connectivity index (χ0v) is 25.4. The highest BCUT2D eigenvalue weighted by Crippen LogP contribution is 2.60. The van der Waals surface area contributed by atoms with E-state index in [0.29, 0.717) is 12.3 Å². The van der Waals surface area contributed by atoms with Gasteiger partial charge in [-0.2, -0.15) is 0 Å². The quantitative estimate of drug-likeness (QED) is 0.187. The highest BCUT2D eigenvalue weighted by Gasteiger charge is 2.52. The third-order valence-electron chi connectivity index (χ3n) is 8.15. The molecule has 0 aliphatic rings. The first-order chi connectivity index (χ1) is 20.7. The fourth-order valence-electron chi connectivity index (χ4n) is 6.31. The van der Waals surface area contributed by atoms with E-state index in [1.54, 1.807) is 0 Å². The highest BCUT2D eigenvalue weighted by atomic mass is 31.2. The van der Waals surface area contributed by atoms with Gasteiger partial charge in [-0.1, -0.05) is 109 Å². The summed E-state index contributed by atoms with van der Waals surface area (Å²) < 4.78 is 0. The maximum absolute atomic E-state index is 12.5. The fourth-order valence-corrected chi connectivity index (χ4v) is 15.2. The fraction of sp³-hybridized carbons (Fsp3) is 0.0769. The van der Waals surface area contributed by atoms with E-state index in [0.717, 1.165) is 0 Å². The Morgan fingerprint density at radius 2 is 0.476 bits per heavy atom. The summed E-state index contributed by atoms with van der Waals surface area (Å²) in [7, 11) is -4.40. The second-order valence-electron chi connectivity index (χ2n) is 10.7. The van der Waals surface area contributed by atoms with Gasteiger partial charge in [0.1, 0.15) is 64.8 Å². The van der Waals surface area contributed by atoms with Gasteiger partial charge in [0.25, 0.3) is 0 Å². The topological polar surface area (TPSA) is 20.2 Å². The molecule has 6 aromatic rings. The zero-order chi connectivity index (χ0) is 28.7. The van der Waals surface area contributed by atoms with Crippen molar-refractivity contribution in [1.29, 1.82) is 0 Å². The van der Waals surface area contributed by atoms with Crippen LogP contribution < -0.4 is 31.8 Å². The number of hydrogen-bond acceptors (Lipinski definition) is 1. The lowest BCUT2D eigenvalue weighted by molar-refractivity contribution is 0.223. The minimum atomic E-state index is -2.20. The summed E-state index contributed by atoms with van der Waals surface area (Å²) in [5, 5.41) is 20.3. The Balaban J connectivity index is 1.54. The van der Waals surface area contributed by atoms with Crippen molar-refractivity contribution in [2.75, 3.05) is 12.3 Å². The van der Waals surface area contributed by atoms with Crippen LogP contribution in [-0.2, 0) is 0 Å². The SMILES string of the molecule is OC(C[P+](c1ccccc1)(c1ccccc1)c1ccccc1)C[P+](c1ccccc1)(c1ccccc1)c1ccccc1. The monoisotopic (exact) mass is 582 g/mol. The molecule has 0 atom stereocenters. The summed E-state index contributed by atoms with van der Waals surface area (Å²) in [4.78, 5) is 0. The molecule has 0 radical (unpaired) electrons. The van der Waals surface area contributed by atoms with Crippen molar-refractivity contribution in [3.05, 3.63) is 182 Å². The van der Waals surface area contributed by atoms with Crippen molar-refractivity contribution in [3.8, 4) is 0 Å². The molecule has 0 unspecified atom stereocenters. The Morgan fingerprint density at radius 3 is 0.643 bits per heavy atom. The summed E-state index contributed by atoms with van der Waals surface area (Å²) in [5.74, 6) is 0. The van der Waals surface area contributed by atoms with Crippen molar-refractivity contribution in [3.63, 3.8) is 0 Å². The van der Waals surface area contributed by atoms with Crippen LogP contribution in [-0.4, -0.2) is 23.5 Å². The van der Waals surface area contributed by atoms with E-state index in [9.17, 15) is 5.11 Å². The lowest BCUT2D eigenvalue weighted by Gasteiger charge is -2.33. The summed E-state index contributed by atoms with van der Waals surface area (Å²) in [5.41, 5.74) is 0. The summed E-state index contributed by atoms with van der Waals surface area (Å²) in [6.45, 7) is 0. The minimum absolute atomic E-state index is 0.548. The lowest BCUT2D eigenvalue weighted by Crippen LogP contribution is -2.42. The first-order valence-electron chi connectivity index (χ1n) is 14.5.